The standard InChI is InChI=1S/2C29H28O3/c1-29(2,24-11-17-27(32)18-12-24)23-9-5-21(6-10-23)28(22-7-15-26(31)16-8-22)19-20-3-13-25(30)14-4-20;1-28(2,21-8-14-25(30)15-9-21)20-4-6-22(7-5-20)29(3,23-10-16-26(31)17-11-23)24-12-18-27(32)19-13-24/h3-18,28,30-32H,19H2,1-2H3;4-19,30-32H,1-3H3. The summed E-state index contributed by atoms with van der Waals surface area (Å²) in [5.41, 5.74) is 10.4. The summed E-state index contributed by atoms with van der Waals surface area (Å²) in [6.07, 6.45) is 0.783. The minimum absolute atomic E-state index is 0.117. The van der Waals surface area contributed by atoms with Gasteiger partial charge in [0.05, 0.1) is 0 Å². The van der Waals surface area contributed by atoms with Crippen LogP contribution in [0.4, 0.5) is 0 Å². The van der Waals surface area contributed by atoms with Crippen LogP contribution in [0.15, 0.2) is 194 Å². The fourth-order valence-electron chi connectivity index (χ4n) is 8.53. The predicted molar refractivity (Wildman–Crippen MR) is 257 cm³/mol. The van der Waals surface area contributed by atoms with E-state index in [1.165, 1.54) is 16.7 Å². The van der Waals surface area contributed by atoms with Crippen molar-refractivity contribution in [3.63, 3.8) is 0 Å². The van der Waals surface area contributed by atoms with E-state index in [0.29, 0.717) is 0 Å². The van der Waals surface area contributed by atoms with Crippen LogP contribution in [-0.2, 0) is 22.7 Å². The molecule has 0 aliphatic carbocycles. The number of hydrogen-bond donors (Lipinski definition) is 6. The number of rotatable bonds is 11. The first-order valence-corrected chi connectivity index (χ1v) is 21.5. The Morgan fingerprint density at radius 1 is 0.281 bits per heavy atom. The molecule has 0 bridgehead atoms. The van der Waals surface area contributed by atoms with Crippen LogP contribution < -0.4 is 0 Å². The maximum atomic E-state index is 9.80. The van der Waals surface area contributed by atoms with Gasteiger partial charge >= 0.3 is 0 Å². The summed E-state index contributed by atoms with van der Waals surface area (Å²) in [5, 5.41) is 58.2. The Kier molecular flexibility index (Phi) is 12.9. The van der Waals surface area contributed by atoms with Crippen LogP contribution in [0.5, 0.6) is 34.5 Å². The van der Waals surface area contributed by atoms with E-state index in [2.05, 4.69) is 83.1 Å². The monoisotopic (exact) mass is 848 g/mol. The highest BCUT2D eigenvalue weighted by Gasteiger charge is 2.32. The van der Waals surface area contributed by atoms with Crippen molar-refractivity contribution in [3.8, 4) is 34.5 Å². The van der Waals surface area contributed by atoms with Gasteiger partial charge in [0.1, 0.15) is 34.5 Å². The van der Waals surface area contributed by atoms with Gasteiger partial charge < -0.3 is 30.6 Å². The lowest BCUT2D eigenvalue weighted by atomic mass is 9.70. The molecule has 0 heterocycles. The molecule has 0 amide bonds. The maximum absolute atomic E-state index is 9.80. The van der Waals surface area contributed by atoms with Crippen molar-refractivity contribution in [2.75, 3.05) is 0 Å². The Balaban J connectivity index is 0.000000191. The van der Waals surface area contributed by atoms with Crippen LogP contribution in [0.3, 0.4) is 0 Å². The molecule has 8 aromatic rings. The SMILES string of the molecule is CC(C)(c1ccc(O)cc1)c1ccc(C(C)(c2ccc(O)cc2)c2ccc(O)cc2)cc1.CC(C)(c1ccc(O)cc1)c1ccc(C(Cc2ccc(O)cc2)c2ccc(O)cc2)cc1. The van der Waals surface area contributed by atoms with Crippen molar-refractivity contribution >= 4 is 0 Å². The fraction of sp³-hybridized carbons (Fsp3) is 0.172. The summed E-state index contributed by atoms with van der Waals surface area (Å²) in [5.74, 6) is 1.62. The summed E-state index contributed by atoms with van der Waals surface area (Å²) >= 11 is 0. The summed E-state index contributed by atoms with van der Waals surface area (Å²) in [7, 11) is 0. The fourth-order valence-corrected chi connectivity index (χ4v) is 8.53. The van der Waals surface area contributed by atoms with E-state index in [9.17, 15) is 30.6 Å². The molecule has 0 aliphatic rings. The Bertz CT molecular complexity index is 2690. The second kappa shape index (κ2) is 18.5. The summed E-state index contributed by atoms with van der Waals surface area (Å²) in [4.78, 5) is 0. The van der Waals surface area contributed by atoms with Crippen LogP contribution >= 0.6 is 0 Å². The number of phenols is 6. The number of hydrogen-bond acceptors (Lipinski definition) is 6. The molecular weight excluding hydrogens is 793 g/mol. The number of aromatic hydroxyl groups is 6. The van der Waals surface area contributed by atoms with Gasteiger partial charge in [0.2, 0.25) is 0 Å². The van der Waals surface area contributed by atoms with Crippen LogP contribution in [0.1, 0.15) is 96.2 Å². The van der Waals surface area contributed by atoms with Crippen molar-refractivity contribution in [1.82, 2.24) is 0 Å². The predicted octanol–water partition coefficient (Wildman–Crippen LogP) is 13.0. The molecule has 6 heteroatoms. The topological polar surface area (TPSA) is 121 Å². The molecule has 0 fully saturated rings. The van der Waals surface area contributed by atoms with E-state index < -0.39 is 5.41 Å². The lowest BCUT2D eigenvalue weighted by molar-refractivity contribution is 0.473. The third-order valence-corrected chi connectivity index (χ3v) is 13.0. The molecular formula is C58H56O6. The zero-order chi connectivity index (χ0) is 45.6. The van der Waals surface area contributed by atoms with Gasteiger partial charge in [-0.3, -0.25) is 0 Å². The van der Waals surface area contributed by atoms with Gasteiger partial charge in [0.25, 0.3) is 0 Å². The average Bonchev–Trinajstić information content (AvgIpc) is 3.30. The Hall–Kier alpha value is -7.44. The summed E-state index contributed by atoms with van der Waals surface area (Å²) in [6, 6.07) is 61.3. The average molecular weight is 849 g/mol. The smallest absolute Gasteiger partial charge is 0.115 e. The third-order valence-electron chi connectivity index (χ3n) is 13.0. The first-order chi connectivity index (χ1) is 30.5. The lowest BCUT2D eigenvalue weighted by Crippen LogP contribution is -2.26. The second-order valence-corrected chi connectivity index (χ2v) is 17.8. The van der Waals surface area contributed by atoms with Crippen LogP contribution in [0.2, 0.25) is 0 Å². The van der Waals surface area contributed by atoms with Gasteiger partial charge in [-0.2, -0.15) is 0 Å². The molecule has 64 heavy (non-hydrogen) atoms. The van der Waals surface area contributed by atoms with Crippen molar-refractivity contribution in [2.45, 2.75) is 63.2 Å². The highest BCUT2D eigenvalue weighted by molar-refractivity contribution is 5.53. The minimum Gasteiger partial charge on any atom is -0.508 e. The van der Waals surface area contributed by atoms with Gasteiger partial charge in [0, 0.05) is 22.2 Å². The molecule has 1 unspecified atom stereocenters. The largest absolute Gasteiger partial charge is 0.508 e. The molecule has 324 valence electrons. The van der Waals surface area contributed by atoms with Crippen molar-refractivity contribution < 1.29 is 30.6 Å². The number of benzene rings is 8. The summed E-state index contributed by atoms with van der Waals surface area (Å²) in [6.45, 7) is 10.9. The van der Waals surface area contributed by atoms with Crippen molar-refractivity contribution in [2.24, 2.45) is 0 Å². The van der Waals surface area contributed by atoms with Gasteiger partial charge in [-0.1, -0.05) is 149 Å². The molecule has 8 rings (SSSR count). The van der Waals surface area contributed by atoms with Gasteiger partial charge in [-0.25, -0.2) is 0 Å². The van der Waals surface area contributed by atoms with E-state index in [1.807, 2.05) is 72.8 Å². The Morgan fingerprint density at radius 2 is 0.484 bits per heavy atom. The first-order valence-electron chi connectivity index (χ1n) is 21.5. The summed E-state index contributed by atoms with van der Waals surface area (Å²) < 4.78 is 0. The molecule has 6 N–H and O–H groups in total. The van der Waals surface area contributed by atoms with Crippen molar-refractivity contribution in [1.29, 1.82) is 0 Å². The molecule has 0 saturated carbocycles. The van der Waals surface area contributed by atoms with Gasteiger partial charge in [-0.15, -0.1) is 0 Å². The highest BCUT2D eigenvalue weighted by Crippen LogP contribution is 2.42. The molecule has 1 atom stereocenters. The molecule has 0 aliphatic heterocycles. The van der Waals surface area contributed by atoms with E-state index in [0.717, 1.165) is 45.4 Å². The molecule has 0 radical (unpaired) electrons. The van der Waals surface area contributed by atoms with E-state index in [1.54, 1.807) is 72.8 Å². The highest BCUT2D eigenvalue weighted by atomic mass is 16.3. The van der Waals surface area contributed by atoms with Crippen LogP contribution in [0.25, 0.3) is 0 Å². The zero-order valence-corrected chi connectivity index (χ0v) is 36.9. The second-order valence-electron chi connectivity index (χ2n) is 17.8. The Morgan fingerprint density at radius 3 is 0.797 bits per heavy atom. The van der Waals surface area contributed by atoms with Crippen LogP contribution in [0, 0.1) is 0 Å². The van der Waals surface area contributed by atoms with Gasteiger partial charge in [0.15, 0.2) is 0 Å². The molecule has 8 aromatic carbocycles. The first kappa shape index (κ1) is 44.6. The Labute approximate surface area is 376 Å². The number of phenolic OH excluding ortho intramolecular Hbond substituents is 6. The van der Waals surface area contributed by atoms with E-state index >= 15 is 0 Å². The maximum Gasteiger partial charge on any atom is 0.115 e. The molecule has 6 nitrogen and oxygen atoms in total. The molecule has 0 spiro atoms. The van der Waals surface area contributed by atoms with E-state index in [4.69, 9.17) is 0 Å². The minimum atomic E-state index is -0.470. The van der Waals surface area contributed by atoms with Crippen molar-refractivity contribution in [3.05, 3.63) is 250 Å². The normalized spacial score (nSPS) is 12.2. The molecule has 0 aromatic heterocycles. The molecule has 0 saturated heterocycles. The lowest BCUT2D eigenvalue weighted by Gasteiger charge is -2.33. The van der Waals surface area contributed by atoms with Crippen LogP contribution in [-0.4, -0.2) is 30.6 Å². The zero-order valence-electron chi connectivity index (χ0n) is 36.9. The quantitative estimate of drug-likeness (QED) is 0.0721. The third kappa shape index (κ3) is 9.77. The van der Waals surface area contributed by atoms with Gasteiger partial charge in [-0.05, 0) is 142 Å². The van der Waals surface area contributed by atoms with E-state index in [-0.39, 0.29) is 51.2 Å².